The van der Waals surface area contributed by atoms with Crippen LogP contribution in [0.5, 0.6) is 17.2 Å². The maximum atomic E-state index is 5.89. The molecule has 0 amide bonds. The van der Waals surface area contributed by atoms with E-state index in [1.807, 2.05) is 36.4 Å². The summed E-state index contributed by atoms with van der Waals surface area (Å²) < 4.78 is 16.6. The van der Waals surface area contributed by atoms with E-state index in [1.54, 1.807) is 13.2 Å². The molecule has 0 spiro atoms. The standard InChI is InChI=1S/C17H21NO3/c1-3-9-20-17-11-15(7-8-16(17)18)21-14-6-4-5-13(10-14)12-19-2/h4-8,10-11H,3,9,12,18H2,1-2H3. The van der Waals surface area contributed by atoms with Gasteiger partial charge in [0.25, 0.3) is 0 Å². The van der Waals surface area contributed by atoms with E-state index < -0.39 is 0 Å². The van der Waals surface area contributed by atoms with Crippen molar-refractivity contribution in [1.82, 2.24) is 0 Å². The summed E-state index contributed by atoms with van der Waals surface area (Å²) >= 11 is 0. The minimum Gasteiger partial charge on any atom is -0.491 e. The highest BCUT2D eigenvalue weighted by Gasteiger charge is 2.05. The van der Waals surface area contributed by atoms with Gasteiger partial charge in [-0.05, 0) is 36.2 Å². The number of ether oxygens (including phenoxy) is 3. The minimum absolute atomic E-state index is 0.559. The zero-order valence-electron chi connectivity index (χ0n) is 12.5. The molecule has 0 aliphatic heterocycles. The second-order valence-electron chi connectivity index (χ2n) is 4.73. The zero-order chi connectivity index (χ0) is 15.1. The van der Waals surface area contributed by atoms with Crippen molar-refractivity contribution in [3.8, 4) is 17.2 Å². The van der Waals surface area contributed by atoms with Crippen LogP contribution in [0.2, 0.25) is 0 Å². The Hall–Kier alpha value is -2.20. The summed E-state index contributed by atoms with van der Waals surface area (Å²) in [5, 5.41) is 0. The Morgan fingerprint density at radius 2 is 1.86 bits per heavy atom. The van der Waals surface area contributed by atoms with Crippen molar-refractivity contribution in [1.29, 1.82) is 0 Å². The lowest BCUT2D eigenvalue weighted by Gasteiger charge is -2.11. The molecule has 2 aromatic carbocycles. The predicted molar refractivity (Wildman–Crippen MR) is 83.9 cm³/mol. The molecule has 0 bridgehead atoms. The predicted octanol–water partition coefficient (Wildman–Crippen LogP) is 4.00. The van der Waals surface area contributed by atoms with E-state index in [4.69, 9.17) is 19.9 Å². The van der Waals surface area contributed by atoms with Gasteiger partial charge in [0, 0.05) is 13.2 Å². The Kier molecular flexibility index (Phi) is 5.46. The molecule has 112 valence electrons. The molecule has 2 rings (SSSR count). The first-order chi connectivity index (χ1) is 10.2. The highest BCUT2D eigenvalue weighted by molar-refractivity contribution is 5.56. The first-order valence-electron chi connectivity index (χ1n) is 7.01. The Morgan fingerprint density at radius 1 is 1.05 bits per heavy atom. The molecular weight excluding hydrogens is 266 g/mol. The van der Waals surface area contributed by atoms with Crippen LogP contribution in [0.3, 0.4) is 0 Å². The smallest absolute Gasteiger partial charge is 0.145 e. The third kappa shape index (κ3) is 4.39. The number of benzene rings is 2. The fourth-order valence-electron chi connectivity index (χ4n) is 1.92. The Labute approximate surface area is 125 Å². The van der Waals surface area contributed by atoms with Crippen molar-refractivity contribution in [3.05, 3.63) is 48.0 Å². The fourth-order valence-corrected chi connectivity index (χ4v) is 1.92. The van der Waals surface area contributed by atoms with Crippen LogP contribution in [0.15, 0.2) is 42.5 Å². The molecular formula is C17H21NO3. The molecule has 0 aromatic heterocycles. The van der Waals surface area contributed by atoms with E-state index in [1.165, 1.54) is 0 Å². The van der Waals surface area contributed by atoms with Crippen molar-refractivity contribution >= 4 is 5.69 Å². The summed E-state index contributed by atoms with van der Waals surface area (Å²) in [4.78, 5) is 0. The molecule has 21 heavy (non-hydrogen) atoms. The number of hydrogen-bond acceptors (Lipinski definition) is 4. The van der Waals surface area contributed by atoms with E-state index in [2.05, 4.69) is 6.92 Å². The SMILES string of the molecule is CCCOc1cc(Oc2cccc(COC)c2)ccc1N. The quantitative estimate of drug-likeness (QED) is 0.782. The van der Waals surface area contributed by atoms with Crippen LogP contribution in [0.1, 0.15) is 18.9 Å². The normalized spacial score (nSPS) is 10.4. The summed E-state index contributed by atoms with van der Waals surface area (Å²) in [6, 6.07) is 13.2. The van der Waals surface area contributed by atoms with E-state index in [0.29, 0.717) is 30.4 Å². The largest absolute Gasteiger partial charge is 0.491 e. The number of nitrogen functional groups attached to an aromatic ring is 1. The summed E-state index contributed by atoms with van der Waals surface area (Å²) in [6.45, 7) is 3.25. The molecule has 0 fully saturated rings. The Morgan fingerprint density at radius 3 is 2.62 bits per heavy atom. The number of hydrogen-bond donors (Lipinski definition) is 1. The van der Waals surface area contributed by atoms with Crippen LogP contribution in [0.25, 0.3) is 0 Å². The van der Waals surface area contributed by atoms with Gasteiger partial charge in [-0.15, -0.1) is 0 Å². The summed E-state index contributed by atoms with van der Waals surface area (Å²) in [7, 11) is 1.67. The lowest BCUT2D eigenvalue weighted by molar-refractivity contribution is 0.184. The molecule has 0 radical (unpaired) electrons. The molecule has 4 nitrogen and oxygen atoms in total. The van der Waals surface area contributed by atoms with Gasteiger partial charge in [-0.3, -0.25) is 0 Å². The molecule has 0 aliphatic rings. The van der Waals surface area contributed by atoms with E-state index in [-0.39, 0.29) is 0 Å². The second kappa shape index (κ2) is 7.55. The van der Waals surface area contributed by atoms with Crippen LogP contribution in [0, 0.1) is 0 Å². The van der Waals surface area contributed by atoms with Gasteiger partial charge >= 0.3 is 0 Å². The molecule has 0 saturated carbocycles. The number of methoxy groups -OCH3 is 1. The molecule has 4 heteroatoms. The number of nitrogens with two attached hydrogens (primary N) is 1. The van der Waals surface area contributed by atoms with Gasteiger partial charge in [0.1, 0.15) is 17.2 Å². The molecule has 0 saturated heterocycles. The third-order valence-electron chi connectivity index (χ3n) is 2.89. The van der Waals surface area contributed by atoms with Gasteiger partial charge in [0.2, 0.25) is 0 Å². The molecule has 2 aromatic rings. The van der Waals surface area contributed by atoms with Crippen molar-refractivity contribution in [2.75, 3.05) is 19.5 Å². The van der Waals surface area contributed by atoms with Crippen molar-refractivity contribution in [2.24, 2.45) is 0 Å². The average molecular weight is 287 g/mol. The van der Waals surface area contributed by atoms with Gasteiger partial charge in [-0.2, -0.15) is 0 Å². The fraction of sp³-hybridized carbons (Fsp3) is 0.294. The number of rotatable bonds is 7. The first kappa shape index (κ1) is 15.2. The Bertz CT molecular complexity index is 584. The van der Waals surface area contributed by atoms with Gasteiger partial charge in [0.15, 0.2) is 0 Å². The summed E-state index contributed by atoms with van der Waals surface area (Å²) in [6.07, 6.45) is 0.934. The van der Waals surface area contributed by atoms with E-state index in [0.717, 1.165) is 17.7 Å². The highest BCUT2D eigenvalue weighted by Crippen LogP contribution is 2.30. The lowest BCUT2D eigenvalue weighted by Crippen LogP contribution is -1.99. The van der Waals surface area contributed by atoms with Crippen LogP contribution in [0.4, 0.5) is 5.69 Å². The third-order valence-corrected chi connectivity index (χ3v) is 2.89. The summed E-state index contributed by atoms with van der Waals surface area (Å²) in [5.74, 6) is 2.11. The molecule has 0 heterocycles. The van der Waals surface area contributed by atoms with Gasteiger partial charge < -0.3 is 19.9 Å². The average Bonchev–Trinajstić information content (AvgIpc) is 2.48. The molecule has 0 atom stereocenters. The monoisotopic (exact) mass is 287 g/mol. The molecule has 0 aliphatic carbocycles. The van der Waals surface area contributed by atoms with Crippen LogP contribution in [-0.4, -0.2) is 13.7 Å². The van der Waals surface area contributed by atoms with Crippen LogP contribution < -0.4 is 15.2 Å². The van der Waals surface area contributed by atoms with Gasteiger partial charge in [-0.1, -0.05) is 19.1 Å². The topological polar surface area (TPSA) is 53.7 Å². The zero-order valence-corrected chi connectivity index (χ0v) is 12.5. The van der Waals surface area contributed by atoms with Crippen molar-refractivity contribution < 1.29 is 14.2 Å². The summed E-state index contributed by atoms with van der Waals surface area (Å²) in [5.41, 5.74) is 7.57. The first-order valence-corrected chi connectivity index (χ1v) is 7.01. The van der Waals surface area contributed by atoms with Crippen LogP contribution in [-0.2, 0) is 11.3 Å². The van der Waals surface area contributed by atoms with Gasteiger partial charge in [-0.25, -0.2) is 0 Å². The lowest BCUT2D eigenvalue weighted by atomic mass is 10.2. The second-order valence-corrected chi connectivity index (χ2v) is 4.73. The van der Waals surface area contributed by atoms with Crippen molar-refractivity contribution in [3.63, 3.8) is 0 Å². The highest BCUT2D eigenvalue weighted by atomic mass is 16.5. The van der Waals surface area contributed by atoms with E-state index >= 15 is 0 Å². The van der Waals surface area contributed by atoms with Gasteiger partial charge in [0.05, 0.1) is 18.9 Å². The Balaban J connectivity index is 2.13. The van der Waals surface area contributed by atoms with Crippen LogP contribution >= 0.6 is 0 Å². The van der Waals surface area contributed by atoms with E-state index in [9.17, 15) is 0 Å². The maximum absolute atomic E-state index is 5.89. The molecule has 2 N–H and O–H groups in total. The number of anilines is 1. The maximum Gasteiger partial charge on any atom is 0.145 e. The molecule has 0 unspecified atom stereocenters. The minimum atomic E-state index is 0.559. The van der Waals surface area contributed by atoms with Crippen molar-refractivity contribution in [2.45, 2.75) is 20.0 Å².